The number of ether oxygens (including phenoxy) is 1. The Labute approximate surface area is 167 Å². The fourth-order valence-corrected chi connectivity index (χ4v) is 2.87. The third-order valence-electron chi connectivity index (χ3n) is 4.37. The minimum absolute atomic E-state index is 0.0836. The number of rotatable bonds is 8. The van der Waals surface area contributed by atoms with E-state index in [0.717, 1.165) is 23.3 Å². The average molecular weight is 401 g/mol. The highest BCUT2D eigenvalue weighted by Gasteiger charge is 2.30. The molecule has 0 amide bonds. The van der Waals surface area contributed by atoms with Crippen molar-refractivity contribution in [3.8, 4) is 16.9 Å². The first kappa shape index (κ1) is 20.9. The Morgan fingerprint density at radius 3 is 2.24 bits per heavy atom. The second-order valence-corrected chi connectivity index (χ2v) is 6.68. The normalized spacial score (nSPS) is 12.6. The average Bonchev–Trinajstić information content (AvgIpc) is 2.73. The molecule has 0 heterocycles. The van der Waals surface area contributed by atoms with E-state index in [1.54, 1.807) is 6.07 Å². The Hall–Kier alpha value is -2.83. The lowest BCUT2D eigenvalue weighted by molar-refractivity contribution is -0.137. The molecule has 152 valence electrons. The Morgan fingerprint density at radius 1 is 0.862 bits per heavy atom. The first-order valence-corrected chi connectivity index (χ1v) is 9.25. The van der Waals surface area contributed by atoms with Gasteiger partial charge in [-0.3, -0.25) is 0 Å². The van der Waals surface area contributed by atoms with Crippen LogP contribution in [0.4, 0.5) is 13.2 Å². The van der Waals surface area contributed by atoms with Crippen molar-refractivity contribution in [2.75, 3.05) is 13.2 Å². The lowest BCUT2D eigenvalue weighted by Crippen LogP contribution is -2.31. The van der Waals surface area contributed by atoms with Gasteiger partial charge in [-0.2, -0.15) is 13.2 Å². The summed E-state index contributed by atoms with van der Waals surface area (Å²) in [7, 11) is 0. The Bertz CT molecular complexity index is 896. The van der Waals surface area contributed by atoms with Gasteiger partial charge >= 0.3 is 6.18 Å². The van der Waals surface area contributed by atoms with Crippen LogP contribution in [0.5, 0.6) is 5.75 Å². The summed E-state index contributed by atoms with van der Waals surface area (Å²) in [5.41, 5.74) is 2.00. The fourth-order valence-electron chi connectivity index (χ4n) is 2.87. The summed E-state index contributed by atoms with van der Waals surface area (Å²) < 4.78 is 43.8. The molecule has 6 heteroatoms. The van der Waals surface area contributed by atoms with Gasteiger partial charge in [0.2, 0.25) is 0 Å². The van der Waals surface area contributed by atoms with E-state index in [-0.39, 0.29) is 19.7 Å². The summed E-state index contributed by atoms with van der Waals surface area (Å²) in [6.07, 6.45) is -5.14. The molecule has 0 aliphatic carbocycles. The van der Waals surface area contributed by atoms with Crippen LogP contribution in [0.15, 0.2) is 78.9 Å². The van der Waals surface area contributed by atoms with Crippen molar-refractivity contribution in [2.24, 2.45) is 0 Å². The van der Waals surface area contributed by atoms with Crippen molar-refractivity contribution in [1.82, 2.24) is 5.32 Å². The Kier molecular flexibility index (Phi) is 6.90. The fraction of sp³-hybridized carbons (Fsp3) is 0.217. The summed E-state index contributed by atoms with van der Waals surface area (Å²) >= 11 is 0. The highest BCUT2D eigenvalue weighted by atomic mass is 19.4. The van der Waals surface area contributed by atoms with Crippen LogP contribution in [0.1, 0.15) is 11.1 Å². The van der Waals surface area contributed by atoms with Gasteiger partial charge in [-0.15, -0.1) is 0 Å². The van der Waals surface area contributed by atoms with Crippen LogP contribution in [0.3, 0.4) is 0 Å². The van der Waals surface area contributed by atoms with Gasteiger partial charge in [-0.05, 0) is 34.9 Å². The molecule has 0 aromatic heterocycles. The standard InChI is InChI=1S/C23H22F3NO2/c24-23(25,26)20-8-4-5-17(13-20)14-27-15-21(28)16-29-22-11-9-19(10-12-22)18-6-2-1-3-7-18/h1-13,21,27-28H,14-16H2. The first-order valence-electron chi connectivity index (χ1n) is 9.25. The molecule has 0 bridgehead atoms. The van der Waals surface area contributed by atoms with Gasteiger partial charge in [0.1, 0.15) is 18.5 Å². The van der Waals surface area contributed by atoms with Crippen molar-refractivity contribution < 1.29 is 23.0 Å². The van der Waals surface area contributed by atoms with E-state index in [2.05, 4.69) is 5.32 Å². The van der Waals surface area contributed by atoms with Crippen molar-refractivity contribution in [1.29, 1.82) is 0 Å². The molecule has 29 heavy (non-hydrogen) atoms. The number of aliphatic hydroxyl groups is 1. The lowest BCUT2D eigenvalue weighted by Gasteiger charge is -2.14. The van der Waals surface area contributed by atoms with E-state index >= 15 is 0 Å². The number of hydrogen-bond donors (Lipinski definition) is 2. The maximum Gasteiger partial charge on any atom is 0.416 e. The molecule has 3 aromatic rings. The quantitative estimate of drug-likeness (QED) is 0.564. The predicted octanol–water partition coefficient (Wildman–Crippen LogP) is 4.90. The minimum atomic E-state index is -4.36. The summed E-state index contributed by atoms with van der Waals surface area (Å²) in [5.74, 6) is 0.640. The van der Waals surface area contributed by atoms with Gasteiger partial charge in [0.15, 0.2) is 0 Å². The number of halogens is 3. The molecule has 0 aliphatic heterocycles. The molecule has 0 fully saturated rings. The molecular formula is C23H22F3NO2. The highest BCUT2D eigenvalue weighted by molar-refractivity contribution is 5.63. The van der Waals surface area contributed by atoms with E-state index in [4.69, 9.17) is 4.74 Å². The van der Waals surface area contributed by atoms with E-state index in [9.17, 15) is 18.3 Å². The van der Waals surface area contributed by atoms with Gasteiger partial charge in [0.25, 0.3) is 0 Å². The zero-order chi connectivity index (χ0) is 20.7. The van der Waals surface area contributed by atoms with Gasteiger partial charge in [0.05, 0.1) is 5.56 Å². The topological polar surface area (TPSA) is 41.5 Å². The smallest absolute Gasteiger partial charge is 0.416 e. The monoisotopic (exact) mass is 401 g/mol. The third kappa shape index (κ3) is 6.34. The third-order valence-corrected chi connectivity index (χ3v) is 4.37. The van der Waals surface area contributed by atoms with Crippen LogP contribution < -0.4 is 10.1 Å². The molecular weight excluding hydrogens is 379 g/mol. The molecule has 3 rings (SSSR count). The Morgan fingerprint density at radius 2 is 1.55 bits per heavy atom. The van der Waals surface area contributed by atoms with Gasteiger partial charge < -0.3 is 15.2 Å². The van der Waals surface area contributed by atoms with Crippen LogP contribution in [0, 0.1) is 0 Å². The number of alkyl halides is 3. The van der Waals surface area contributed by atoms with Crippen molar-refractivity contribution >= 4 is 0 Å². The van der Waals surface area contributed by atoms with Crippen molar-refractivity contribution in [2.45, 2.75) is 18.8 Å². The molecule has 2 N–H and O–H groups in total. The lowest BCUT2D eigenvalue weighted by atomic mass is 10.1. The zero-order valence-corrected chi connectivity index (χ0v) is 15.7. The maximum absolute atomic E-state index is 12.7. The van der Waals surface area contributed by atoms with E-state index in [1.165, 1.54) is 6.07 Å². The number of benzene rings is 3. The van der Waals surface area contributed by atoms with Crippen LogP contribution in [0.25, 0.3) is 11.1 Å². The first-order chi connectivity index (χ1) is 13.9. The molecule has 3 nitrogen and oxygen atoms in total. The summed E-state index contributed by atoms with van der Waals surface area (Å²) in [6.45, 7) is 0.519. The van der Waals surface area contributed by atoms with Gasteiger partial charge in [-0.25, -0.2) is 0 Å². The number of hydrogen-bond acceptors (Lipinski definition) is 3. The van der Waals surface area contributed by atoms with Crippen LogP contribution in [-0.2, 0) is 12.7 Å². The van der Waals surface area contributed by atoms with Crippen LogP contribution in [-0.4, -0.2) is 24.4 Å². The Balaban J connectivity index is 1.43. The molecule has 1 atom stereocenters. The van der Waals surface area contributed by atoms with E-state index in [0.29, 0.717) is 11.3 Å². The maximum atomic E-state index is 12.7. The number of nitrogens with one attached hydrogen (secondary N) is 1. The van der Waals surface area contributed by atoms with E-state index in [1.807, 2.05) is 54.6 Å². The van der Waals surface area contributed by atoms with Gasteiger partial charge in [-0.1, -0.05) is 60.7 Å². The molecule has 0 saturated heterocycles. The second kappa shape index (κ2) is 9.58. The molecule has 1 unspecified atom stereocenters. The van der Waals surface area contributed by atoms with E-state index < -0.39 is 17.8 Å². The molecule has 0 spiro atoms. The van der Waals surface area contributed by atoms with Crippen LogP contribution >= 0.6 is 0 Å². The van der Waals surface area contributed by atoms with Gasteiger partial charge in [0, 0.05) is 13.1 Å². The van der Waals surface area contributed by atoms with Crippen molar-refractivity contribution in [3.05, 3.63) is 90.0 Å². The number of aliphatic hydroxyl groups excluding tert-OH is 1. The summed E-state index contributed by atoms with van der Waals surface area (Å²) in [4.78, 5) is 0. The second-order valence-electron chi connectivity index (χ2n) is 6.68. The predicted molar refractivity (Wildman–Crippen MR) is 107 cm³/mol. The summed E-state index contributed by atoms with van der Waals surface area (Å²) in [5, 5.41) is 13.0. The van der Waals surface area contributed by atoms with Crippen LogP contribution in [0.2, 0.25) is 0 Å². The SMILES string of the molecule is OC(CNCc1cccc(C(F)(F)F)c1)COc1ccc(-c2ccccc2)cc1. The van der Waals surface area contributed by atoms with Crippen molar-refractivity contribution in [3.63, 3.8) is 0 Å². The molecule has 0 aliphatic rings. The summed E-state index contributed by atoms with van der Waals surface area (Å²) in [6, 6.07) is 22.7. The highest BCUT2D eigenvalue weighted by Crippen LogP contribution is 2.29. The minimum Gasteiger partial charge on any atom is -0.491 e. The molecule has 0 radical (unpaired) electrons. The largest absolute Gasteiger partial charge is 0.491 e. The molecule has 0 saturated carbocycles. The zero-order valence-electron chi connectivity index (χ0n) is 15.7. The molecule has 3 aromatic carbocycles.